The Bertz CT molecular complexity index is 572. The van der Waals surface area contributed by atoms with Crippen molar-refractivity contribution >= 4 is 34.9 Å². The third-order valence-corrected chi connectivity index (χ3v) is 3.59. The summed E-state index contributed by atoms with van der Waals surface area (Å²) in [6.07, 6.45) is 0. The molecule has 2 rings (SSSR count). The fourth-order valence-electron chi connectivity index (χ4n) is 1.85. The summed E-state index contributed by atoms with van der Waals surface area (Å²) in [5, 5.41) is 10.8. The van der Waals surface area contributed by atoms with Crippen molar-refractivity contribution in [1.82, 2.24) is 4.98 Å². The largest absolute Gasteiger partial charge is 0.396 e. The molecule has 3 nitrogen and oxygen atoms in total. The van der Waals surface area contributed by atoms with Crippen LogP contribution in [0.25, 0.3) is 10.9 Å². The smallest absolute Gasteiger partial charge is 0.134 e. The molecule has 0 radical (unpaired) electrons. The summed E-state index contributed by atoms with van der Waals surface area (Å²) in [6.45, 7) is 3.81. The quantitative estimate of drug-likeness (QED) is 0.855. The second-order valence-electron chi connectivity index (χ2n) is 5.19. The van der Waals surface area contributed by atoms with E-state index in [0.717, 1.165) is 16.5 Å². The number of aliphatic hydroxyl groups excluding tert-OH is 1. The van der Waals surface area contributed by atoms with Crippen molar-refractivity contribution < 1.29 is 5.11 Å². The molecule has 0 aliphatic heterocycles. The van der Waals surface area contributed by atoms with Crippen molar-refractivity contribution in [3.63, 3.8) is 0 Å². The second-order valence-corrected chi connectivity index (χ2v) is 5.54. The molecule has 104 valence electrons. The summed E-state index contributed by atoms with van der Waals surface area (Å²) in [5.41, 5.74) is 7.37. The Morgan fingerprint density at radius 3 is 2.63 bits per heavy atom. The van der Waals surface area contributed by atoms with E-state index in [-0.39, 0.29) is 25.1 Å². The number of hydrogen-bond acceptors (Lipinski definition) is 3. The zero-order valence-corrected chi connectivity index (χ0v) is 12.5. The number of aliphatic hydroxyl groups is 1. The number of rotatable bonds is 3. The van der Waals surface area contributed by atoms with Gasteiger partial charge in [-0.15, -0.1) is 12.4 Å². The molecule has 3 N–H and O–H groups in total. The lowest BCUT2D eigenvalue weighted by molar-refractivity contribution is 0.132. The van der Waals surface area contributed by atoms with E-state index < -0.39 is 5.41 Å². The normalized spacial score (nSPS) is 13.1. The number of para-hydroxylation sites is 1. The van der Waals surface area contributed by atoms with Crippen LogP contribution in [0.5, 0.6) is 0 Å². The number of nitrogens with two attached hydrogens (primary N) is 1. The Labute approximate surface area is 124 Å². The van der Waals surface area contributed by atoms with Crippen LogP contribution in [0.2, 0.25) is 5.15 Å². The molecule has 1 atom stereocenters. The first-order valence-corrected chi connectivity index (χ1v) is 6.25. The Hall–Kier alpha value is -0.870. The molecule has 0 spiro atoms. The van der Waals surface area contributed by atoms with Crippen molar-refractivity contribution in [3.8, 4) is 0 Å². The standard InChI is InChI=1S/C14H17ClN2O.ClH/c1-14(2,8-18)12(16)10-7-9-5-3-4-6-11(9)17-13(10)15;/h3-7,12,18H,8,16H2,1-2H3;1H/t12-;/m1./s1. The number of fused-ring (bicyclic) bond motifs is 1. The van der Waals surface area contributed by atoms with Gasteiger partial charge in [0.05, 0.1) is 5.52 Å². The van der Waals surface area contributed by atoms with Crippen LogP contribution >= 0.6 is 24.0 Å². The molecule has 1 aromatic heterocycles. The first-order valence-electron chi connectivity index (χ1n) is 5.87. The van der Waals surface area contributed by atoms with Gasteiger partial charge in [-0.25, -0.2) is 4.98 Å². The average Bonchev–Trinajstić information content (AvgIpc) is 2.37. The van der Waals surface area contributed by atoms with Crippen LogP contribution in [-0.2, 0) is 0 Å². The predicted molar refractivity (Wildman–Crippen MR) is 81.8 cm³/mol. The highest BCUT2D eigenvalue weighted by Gasteiger charge is 2.29. The van der Waals surface area contributed by atoms with Gasteiger partial charge in [0.15, 0.2) is 0 Å². The maximum atomic E-state index is 9.39. The number of benzene rings is 1. The zero-order chi connectivity index (χ0) is 13.3. The average molecular weight is 301 g/mol. The molecule has 0 amide bonds. The highest BCUT2D eigenvalue weighted by atomic mass is 35.5. The van der Waals surface area contributed by atoms with E-state index >= 15 is 0 Å². The zero-order valence-electron chi connectivity index (χ0n) is 10.9. The molecule has 0 aliphatic rings. The van der Waals surface area contributed by atoms with Crippen LogP contribution in [0, 0.1) is 5.41 Å². The fourth-order valence-corrected chi connectivity index (χ4v) is 2.11. The van der Waals surface area contributed by atoms with Gasteiger partial charge in [0, 0.05) is 29.0 Å². The fraction of sp³-hybridized carbons (Fsp3) is 0.357. The van der Waals surface area contributed by atoms with Crippen molar-refractivity contribution in [2.45, 2.75) is 19.9 Å². The SMILES string of the molecule is CC(C)(CO)[C@H](N)c1cc2ccccc2nc1Cl.Cl. The van der Waals surface area contributed by atoms with Gasteiger partial charge in [0.2, 0.25) is 0 Å². The van der Waals surface area contributed by atoms with Gasteiger partial charge in [-0.1, -0.05) is 43.6 Å². The molecule has 5 heteroatoms. The Morgan fingerprint density at radius 1 is 1.37 bits per heavy atom. The van der Waals surface area contributed by atoms with E-state index in [1.54, 1.807) is 0 Å². The topological polar surface area (TPSA) is 59.1 Å². The lowest BCUT2D eigenvalue weighted by Gasteiger charge is -2.30. The maximum Gasteiger partial charge on any atom is 0.134 e. The number of hydrogen-bond donors (Lipinski definition) is 2. The molecule has 0 fully saturated rings. The molecule has 0 saturated heterocycles. The van der Waals surface area contributed by atoms with E-state index in [9.17, 15) is 5.11 Å². The predicted octanol–water partition coefficient (Wildman–Crippen LogP) is 3.33. The van der Waals surface area contributed by atoms with Gasteiger partial charge in [-0.2, -0.15) is 0 Å². The highest BCUT2D eigenvalue weighted by Crippen LogP contribution is 2.35. The summed E-state index contributed by atoms with van der Waals surface area (Å²) in [6, 6.07) is 9.35. The van der Waals surface area contributed by atoms with Crippen LogP contribution in [0.15, 0.2) is 30.3 Å². The van der Waals surface area contributed by atoms with Crippen LogP contribution in [0.1, 0.15) is 25.5 Å². The molecule has 19 heavy (non-hydrogen) atoms. The van der Waals surface area contributed by atoms with Gasteiger partial charge in [0.1, 0.15) is 5.15 Å². The van der Waals surface area contributed by atoms with Gasteiger partial charge >= 0.3 is 0 Å². The molecule has 0 saturated carbocycles. The number of aromatic nitrogens is 1. The van der Waals surface area contributed by atoms with E-state index in [0.29, 0.717) is 5.15 Å². The third kappa shape index (κ3) is 3.18. The van der Waals surface area contributed by atoms with E-state index in [1.165, 1.54) is 0 Å². The summed E-state index contributed by atoms with van der Waals surface area (Å²) >= 11 is 6.19. The Balaban J connectivity index is 0.00000180. The van der Waals surface area contributed by atoms with Crippen molar-refractivity contribution in [2.24, 2.45) is 11.1 Å². The van der Waals surface area contributed by atoms with Gasteiger partial charge in [-0.3, -0.25) is 0 Å². The molecule has 0 unspecified atom stereocenters. The molecular weight excluding hydrogens is 283 g/mol. The summed E-state index contributed by atoms with van der Waals surface area (Å²) in [5.74, 6) is 0. The van der Waals surface area contributed by atoms with E-state index in [2.05, 4.69) is 4.98 Å². The number of nitrogens with zero attached hydrogens (tertiary/aromatic N) is 1. The maximum absolute atomic E-state index is 9.39. The molecular formula is C14H18Cl2N2O. The lowest BCUT2D eigenvalue weighted by atomic mass is 9.82. The minimum Gasteiger partial charge on any atom is -0.396 e. The van der Waals surface area contributed by atoms with Crippen LogP contribution < -0.4 is 5.73 Å². The van der Waals surface area contributed by atoms with Gasteiger partial charge in [-0.05, 0) is 12.1 Å². The summed E-state index contributed by atoms with van der Waals surface area (Å²) in [7, 11) is 0. The Morgan fingerprint density at radius 2 is 2.00 bits per heavy atom. The summed E-state index contributed by atoms with van der Waals surface area (Å²) < 4.78 is 0. The van der Waals surface area contributed by atoms with Gasteiger partial charge in [0.25, 0.3) is 0 Å². The molecule has 2 aromatic rings. The second kappa shape index (κ2) is 6.06. The van der Waals surface area contributed by atoms with Crippen LogP contribution in [0.3, 0.4) is 0 Å². The van der Waals surface area contributed by atoms with E-state index in [1.807, 2.05) is 44.2 Å². The number of halogens is 2. The highest BCUT2D eigenvalue weighted by molar-refractivity contribution is 6.30. The molecule has 1 heterocycles. The first-order chi connectivity index (χ1) is 8.45. The summed E-state index contributed by atoms with van der Waals surface area (Å²) in [4.78, 5) is 4.35. The van der Waals surface area contributed by atoms with Crippen molar-refractivity contribution in [1.29, 1.82) is 0 Å². The van der Waals surface area contributed by atoms with Gasteiger partial charge < -0.3 is 10.8 Å². The van der Waals surface area contributed by atoms with Crippen LogP contribution in [-0.4, -0.2) is 16.7 Å². The first kappa shape index (κ1) is 16.2. The lowest BCUT2D eigenvalue weighted by Crippen LogP contribution is -2.32. The molecule has 0 aliphatic carbocycles. The van der Waals surface area contributed by atoms with E-state index in [4.69, 9.17) is 17.3 Å². The Kier molecular flexibility index (Phi) is 5.16. The minimum atomic E-state index is -0.437. The van der Waals surface area contributed by atoms with Crippen LogP contribution in [0.4, 0.5) is 0 Å². The molecule has 0 bridgehead atoms. The van der Waals surface area contributed by atoms with Crippen molar-refractivity contribution in [2.75, 3.05) is 6.61 Å². The number of pyridine rings is 1. The minimum absolute atomic E-state index is 0. The molecule has 1 aromatic carbocycles. The monoisotopic (exact) mass is 300 g/mol. The third-order valence-electron chi connectivity index (χ3n) is 3.29. The van der Waals surface area contributed by atoms with Crippen molar-refractivity contribution in [3.05, 3.63) is 41.0 Å².